The molecule has 1 aromatic heterocycles. The number of methoxy groups -OCH3 is 1. The molecular weight excluding hydrogens is 354 g/mol. The Morgan fingerprint density at radius 2 is 1.64 bits per heavy atom. The lowest BCUT2D eigenvalue weighted by molar-refractivity contribution is -0.0980. The number of hydrogen-bond acceptors (Lipinski definition) is 4. The SMILES string of the molecule is C=CCC.C=O.CCCCc1ccc(NC(=O)c2ccc(C)o2)cc1.COC. The van der Waals surface area contributed by atoms with Gasteiger partial charge in [-0.25, -0.2) is 0 Å². The quantitative estimate of drug-likeness (QED) is 0.630. The summed E-state index contributed by atoms with van der Waals surface area (Å²) in [6.07, 6.45) is 6.43. The van der Waals surface area contributed by atoms with Gasteiger partial charge in [-0.3, -0.25) is 4.79 Å². The first-order valence-corrected chi connectivity index (χ1v) is 9.28. The molecule has 2 aromatic rings. The molecule has 1 aromatic carbocycles. The molecule has 0 unspecified atom stereocenters. The molecule has 2 rings (SSSR count). The fourth-order valence-electron chi connectivity index (χ4n) is 1.88. The van der Waals surface area contributed by atoms with Gasteiger partial charge in [0.25, 0.3) is 5.91 Å². The number of allylic oxidation sites excluding steroid dienone is 1. The van der Waals surface area contributed by atoms with E-state index >= 15 is 0 Å². The van der Waals surface area contributed by atoms with Crippen LogP contribution in [0.4, 0.5) is 5.69 Å². The van der Waals surface area contributed by atoms with Gasteiger partial charge in [0, 0.05) is 19.9 Å². The largest absolute Gasteiger partial charge is 0.456 e. The van der Waals surface area contributed by atoms with Gasteiger partial charge in [0.05, 0.1) is 0 Å². The molecule has 0 spiro atoms. The Kier molecular flexibility index (Phi) is 18.8. The van der Waals surface area contributed by atoms with E-state index in [1.807, 2.05) is 31.9 Å². The summed E-state index contributed by atoms with van der Waals surface area (Å²) in [5.41, 5.74) is 2.09. The van der Waals surface area contributed by atoms with Crippen LogP contribution in [0.15, 0.2) is 53.5 Å². The number of carbonyl (C=O) groups excluding carboxylic acids is 2. The van der Waals surface area contributed by atoms with Gasteiger partial charge in [-0.1, -0.05) is 38.5 Å². The molecule has 28 heavy (non-hydrogen) atoms. The van der Waals surface area contributed by atoms with Crippen molar-refractivity contribution in [1.82, 2.24) is 0 Å². The topological polar surface area (TPSA) is 68.5 Å². The van der Waals surface area contributed by atoms with Crippen molar-refractivity contribution in [3.8, 4) is 0 Å². The maximum Gasteiger partial charge on any atom is 0.291 e. The van der Waals surface area contributed by atoms with E-state index in [1.54, 1.807) is 26.4 Å². The third kappa shape index (κ3) is 13.5. The van der Waals surface area contributed by atoms with Gasteiger partial charge in [-0.05, 0) is 56.0 Å². The van der Waals surface area contributed by atoms with E-state index < -0.39 is 0 Å². The summed E-state index contributed by atoms with van der Waals surface area (Å²) in [6, 6.07) is 11.4. The van der Waals surface area contributed by atoms with Crippen LogP contribution in [0.2, 0.25) is 0 Å². The number of aryl methyl sites for hydroxylation is 2. The number of furan rings is 1. The third-order valence-corrected chi connectivity index (χ3v) is 3.28. The number of unbranched alkanes of at least 4 members (excludes halogenated alkanes) is 1. The average Bonchev–Trinajstić information content (AvgIpc) is 3.16. The molecule has 0 saturated heterocycles. The maximum absolute atomic E-state index is 11.9. The number of rotatable bonds is 6. The Hall–Kier alpha value is -2.66. The molecule has 156 valence electrons. The summed E-state index contributed by atoms with van der Waals surface area (Å²) in [7, 11) is 3.25. The molecule has 1 heterocycles. The summed E-state index contributed by atoms with van der Waals surface area (Å²) in [6.45, 7) is 11.5. The number of amides is 1. The van der Waals surface area contributed by atoms with Gasteiger partial charge in [-0.15, -0.1) is 6.58 Å². The molecule has 0 aliphatic rings. The lowest BCUT2D eigenvalue weighted by atomic mass is 10.1. The van der Waals surface area contributed by atoms with E-state index in [9.17, 15) is 4.79 Å². The number of nitrogens with one attached hydrogen (secondary N) is 1. The maximum atomic E-state index is 11.9. The van der Waals surface area contributed by atoms with Gasteiger partial charge in [-0.2, -0.15) is 0 Å². The zero-order valence-corrected chi connectivity index (χ0v) is 17.9. The third-order valence-electron chi connectivity index (χ3n) is 3.28. The Morgan fingerprint density at radius 3 is 2.04 bits per heavy atom. The van der Waals surface area contributed by atoms with Crippen LogP contribution in [0.1, 0.15) is 55.0 Å². The molecule has 5 nitrogen and oxygen atoms in total. The molecule has 0 aliphatic carbocycles. The van der Waals surface area contributed by atoms with Crippen molar-refractivity contribution in [2.45, 2.75) is 46.5 Å². The van der Waals surface area contributed by atoms with E-state index in [-0.39, 0.29) is 5.91 Å². The van der Waals surface area contributed by atoms with Crippen molar-refractivity contribution in [3.63, 3.8) is 0 Å². The average molecular weight is 390 g/mol. The Bertz CT molecular complexity index is 632. The molecule has 0 atom stereocenters. The molecule has 0 radical (unpaired) electrons. The summed E-state index contributed by atoms with van der Waals surface area (Å²) in [4.78, 5) is 19.9. The first-order chi connectivity index (χ1) is 13.5. The summed E-state index contributed by atoms with van der Waals surface area (Å²) in [5.74, 6) is 0.863. The lowest BCUT2D eigenvalue weighted by Crippen LogP contribution is -2.10. The second-order valence-corrected chi connectivity index (χ2v) is 5.77. The Morgan fingerprint density at radius 1 is 1.11 bits per heavy atom. The first-order valence-electron chi connectivity index (χ1n) is 9.28. The fourth-order valence-corrected chi connectivity index (χ4v) is 1.88. The second kappa shape index (κ2) is 19.1. The van der Waals surface area contributed by atoms with Crippen LogP contribution in [0.5, 0.6) is 0 Å². The van der Waals surface area contributed by atoms with Crippen LogP contribution in [-0.4, -0.2) is 26.9 Å². The number of ether oxygens (including phenoxy) is 1. The molecule has 1 N–H and O–H groups in total. The van der Waals surface area contributed by atoms with Crippen LogP contribution in [0.25, 0.3) is 0 Å². The normalized spacial score (nSPS) is 8.75. The fraction of sp³-hybridized carbons (Fsp3) is 0.391. The summed E-state index contributed by atoms with van der Waals surface area (Å²) >= 11 is 0. The standard InChI is InChI=1S/C16H19NO2.C4H8.C2H6O.CH2O/c1-3-4-5-13-7-9-14(10-8-13)17-16(18)15-11-6-12(2)19-15;1-3-4-2;1-3-2;1-2/h6-11H,3-5H2,1-2H3,(H,17,18);3H,1,4H2,2H3;1-2H3;1H2. The van der Waals surface area contributed by atoms with Crippen LogP contribution >= 0.6 is 0 Å². The summed E-state index contributed by atoms with van der Waals surface area (Å²) in [5, 5.41) is 2.82. The highest BCUT2D eigenvalue weighted by Gasteiger charge is 2.09. The Labute approximate surface area is 169 Å². The van der Waals surface area contributed by atoms with Gasteiger partial charge < -0.3 is 19.3 Å². The smallest absolute Gasteiger partial charge is 0.291 e. The van der Waals surface area contributed by atoms with Crippen LogP contribution in [-0.2, 0) is 16.0 Å². The van der Waals surface area contributed by atoms with Gasteiger partial charge in [0.1, 0.15) is 12.5 Å². The van der Waals surface area contributed by atoms with Gasteiger partial charge in [0.15, 0.2) is 5.76 Å². The van der Waals surface area contributed by atoms with Gasteiger partial charge >= 0.3 is 0 Å². The lowest BCUT2D eigenvalue weighted by Gasteiger charge is -2.05. The number of anilines is 1. The van der Waals surface area contributed by atoms with Crippen molar-refractivity contribution in [2.75, 3.05) is 19.5 Å². The number of carbonyl (C=O) groups is 2. The molecule has 0 aliphatic heterocycles. The molecule has 1 amide bonds. The minimum atomic E-state index is -0.214. The van der Waals surface area contributed by atoms with E-state index in [4.69, 9.17) is 9.21 Å². The van der Waals surface area contributed by atoms with Crippen molar-refractivity contribution >= 4 is 18.4 Å². The predicted octanol–water partition coefficient (Wildman–Crippen LogP) is 5.84. The molecule has 0 fully saturated rings. The zero-order chi connectivity index (χ0) is 21.8. The Balaban J connectivity index is 0. The minimum absolute atomic E-state index is 0.214. The van der Waals surface area contributed by atoms with Crippen LogP contribution < -0.4 is 5.32 Å². The number of benzene rings is 1. The van der Waals surface area contributed by atoms with Crippen molar-refractivity contribution in [1.29, 1.82) is 0 Å². The monoisotopic (exact) mass is 389 g/mol. The van der Waals surface area contributed by atoms with E-state index in [1.165, 1.54) is 18.4 Å². The van der Waals surface area contributed by atoms with Gasteiger partial charge in [0.2, 0.25) is 0 Å². The molecule has 0 saturated carbocycles. The summed E-state index contributed by atoms with van der Waals surface area (Å²) < 4.78 is 9.53. The van der Waals surface area contributed by atoms with Crippen molar-refractivity contribution < 1.29 is 18.7 Å². The zero-order valence-electron chi connectivity index (χ0n) is 17.9. The second-order valence-electron chi connectivity index (χ2n) is 5.77. The highest BCUT2D eigenvalue weighted by molar-refractivity contribution is 6.02. The van der Waals surface area contributed by atoms with E-state index in [0.717, 1.165) is 24.3 Å². The van der Waals surface area contributed by atoms with Crippen molar-refractivity contribution in [3.05, 3.63) is 66.1 Å². The molecule has 5 heteroatoms. The van der Waals surface area contributed by atoms with E-state index in [0.29, 0.717) is 5.76 Å². The first kappa shape index (κ1) is 27.6. The van der Waals surface area contributed by atoms with Crippen LogP contribution in [0, 0.1) is 6.92 Å². The predicted molar refractivity (Wildman–Crippen MR) is 117 cm³/mol. The number of hydrogen-bond donors (Lipinski definition) is 1. The van der Waals surface area contributed by atoms with Crippen LogP contribution in [0.3, 0.4) is 0 Å². The van der Waals surface area contributed by atoms with Crippen molar-refractivity contribution in [2.24, 2.45) is 0 Å². The highest BCUT2D eigenvalue weighted by Crippen LogP contribution is 2.14. The molecular formula is C23H35NO4. The highest BCUT2D eigenvalue weighted by atomic mass is 16.4. The van der Waals surface area contributed by atoms with E-state index in [2.05, 4.69) is 42.6 Å². The molecule has 0 bridgehead atoms. The minimum Gasteiger partial charge on any atom is -0.456 e.